The van der Waals surface area contributed by atoms with Crippen LogP contribution in [-0.2, 0) is 4.74 Å². The molecule has 20 heavy (non-hydrogen) atoms. The van der Waals surface area contributed by atoms with Crippen LogP contribution < -0.4 is 4.74 Å². The monoisotopic (exact) mass is 280 g/mol. The predicted octanol–water partition coefficient (Wildman–Crippen LogP) is 2.30. The molecule has 0 radical (unpaired) electrons. The summed E-state index contributed by atoms with van der Waals surface area (Å²) in [6, 6.07) is 6.79. The molecule has 0 aliphatic rings. The van der Waals surface area contributed by atoms with Crippen LogP contribution in [-0.4, -0.2) is 25.3 Å². The van der Waals surface area contributed by atoms with Gasteiger partial charge in [-0.3, -0.25) is 0 Å². The maximum atomic E-state index is 13.3. The quantitative estimate of drug-likeness (QED) is 0.870. The first-order valence-corrected chi connectivity index (χ1v) is 5.76. The van der Waals surface area contributed by atoms with Crippen LogP contribution in [0.25, 0.3) is 0 Å². The molecule has 2 rings (SSSR count). The van der Waals surface area contributed by atoms with Crippen LogP contribution in [0.1, 0.15) is 28.0 Å². The maximum absolute atomic E-state index is 13.3. The molecule has 5 nitrogen and oxygen atoms in total. The van der Waals surface area contributed by atoms with E-state index >= 15 is 0 Å². The number of aliphatic hydroxyl groups is 1. The molecule has 106 valence electrons. The third kappa shape index (κ3) is 2.65. The zero-order valence-electron chi connectivity index (χ0n) is 10.9. The van der Waals surface area contributed by atoms with Crippen molar-refractivity contribution in [1.82, 2.24) is 0 Å². The number of methoxy groups -OCH3 is 2. The lowest BCUT2D eigenvalue weighted by Crippen LogP contribution is -2.01. The van der Waals surface area contributed by atoms with Crippen molar-refractivity contribution >= 4 is 5.97 Å². The molecule has 1 unspecified atom stereocenters. The fraction of sp³-hybridized carbons (Fsp3) is 0.214. The minimum atomic E-state index is -1.14. The first-order valence-electron chi connectivity index (χ1n) is 5.76. The van der Waals surface area contributed by atoms with E-state index in [2.05, 4.69) is 4.74 Å². The van der Waals surface area contributed by atoms with Crippen molar-refractivity contribution in [2.24, 2.45) is 0 Å². The smallest absolute Gasteiger partial charge is 0.373 e. The van der Waals surface area contributed by atoms with Crippen molar-refractivity contribution in [2.75, 3.05) is 14.2 Å². The number of aliphatic hydroxyl groups excluding tert-OH is 1. The van der Waals surface area contributed by atoms with Crippen molar-refractivity contribution in [3.05, 3.63) is 53.2 Å². The van der Waals surface area contributed by atoms with Crippen molar-refractivity contribution in [3.63, 3.8) is 0 Å². The van der Waals surface area contributed by atoms with Gasteiger partial charge in [0.05, 0.1) is 14.2 Å². The molecule has 0 saturated carbocycles. The Labute approximate surface area is 114 Å². The Morgan fingerprint density at radius 2 is 2.05 bits per heavy atom. The van der Waals surface area contributed by atoms with Crippen LogP contribution in [0, 0.1) is 5.82 Å². The Kier molecular flexibility index (Phi) is 4.05. The number of rotatable bonds is 4. The summed E-state index contributed by atoms with van der Waals surface area (Å²) in [6.45, 7) is 0. The number of furan rings is 1. The summed E-state index contributed by atoms with van der Waals surface area (Å²) in [5.74, 6) is -1.02. The standard InChI is InChI=1S/C14H13FO5/c1-18-12-7-8(3-4-9(12)15)13(16)10-5-6-11(20-10)14(17)19-2/h3-7,13,16H,1-2H3. The number of esters is 1. The third-order valence-corrected chi connectivity index (χ3v) is 2.77. The topological polar surface area (TPSA) is 68.9 Å². The Morgan fingerprint density at radius 3 is 2.70 bits per heavy atom. The van der Waals surface area contributed by atoms with Gasteiger partial charge >= 0.3 is 5.97 Å². The van der Waals surface area contributed by atoms with Gasteiger partial charge in [0, 0.05) is 0 Å². The Bertz CT molecular complexity index is 620. The van der Waals surface area contributed by atoms with Crippen LogP contribution in [0.15, 0.2) is 34.7 Å². The number of ether oxygens (including phenoxy) is 2. The summed E-state index contributed by atoms with van der Waals surface area (Å²) in [4.78, 5) is 11.3. The lowest BCUT2D eigenvalue weighted by atomic mass is 10.1. The van der Waals surface area contributed by atoms with Crippen LogP contribution in [0.4, 0.5) is 4.39 Å². The van der Waals surface area contributed by atoms with Gasteiger partial charge in [-0.1, -0.05) is 6.07 Å². The molecule has 0 spiro atoms. The van der Waals surface area contributed by atoms with E-state index in [1.165, 1.54) is 44.6 Å². The molecule has 2 aromatic rings. The van der Waals surface area contributed by atoms with E-state index in [-0.39, 0.29) is 17.3 Å². The zero-order valence-corrected chi connectivity index (χ0v) is 10.9. The van der Waals surface area contributed by atoms with E-state index < -0.39 is 17.9 Å². The Morgan fingerprint density at radius 1 is 1.30 bits per heavy atom. The van der Waals surface area contributed by atoms with Gasteiger partial charge in [0.25, 0.3) is 0 Å². The van der Waals surface area contributed by atoms with E-state index in [0.717, 1.165) is 0 Å². The lowest BCUT2D eigenvalue weighted by molar-refractivity contribution is 0.0558. The number of carbonyl (C=O) groups is 1. The molecule has 0 fully saturated rings. The summed E-state index contributed by atoms with van der Waals surface area (Å²) >= 11 is 0. The van der Waals surface area contributed by atoms with Gasteiger partial charge in [0.2, 0.25) is 5.76 Å². The number of hydrogen-bond acceptors (Lipinski definition) is 5. The van der Waals surface area contributed by atoms with Gasteiger partial charge in [0.1, 0.15) is 11.9 Å². The second-order valence-electron chi connectivity index (χ2n) is 3.99. The van der Waals surface area contributed by atoms with Crippen molar-refractivity contribution in [3.8, 4) is 5.75 Å². The molecular formula is C14H13FO5. The Hall–Kier alpha value is -2.34. The molecule has 1 atom stereocenters. The van der Waals surface area contributed by atoms with Crippen LogP contribution in [0.5, 0.6) is 5.75 Å². The largest absolute Gasteiger partial charge is 0.494 e. The summed E-state index contributed by atoms with van der Waals surface area (Å²) in [7, 11) is 2.56. The second-order valence-corrected chi connectivity index (χ2v) is 3.99. The molecule has 0 bridgehead atoms. The molecule has 1 aromatic carbocycles. The molecule has 1 N–H and O–H groups in total. The highest BCUT2D eigenvalue weighted by Crippen LogP contribution is 2.28. The molecule has 1 heterocycles. The fourth-order valence-electron chi connectivity index (χ4n) is 1.72. The van der Waals surface area contributed by atoms with E-state index in [9.17, 15) is 14.3 Å². The second kappa shape index (κ2) is 5.75. The van der Waals surface area contributed by atoms with Crippen molar-refractivity contribution in [1.29, 1.82) is 0 Å². The fourth-order valence-corrected chi connectivity index (χ4v) is 1.72. The molecule has 0 saturated heterocycles. The highest BCUT2D eigenvalue weighted by atomic mass is 19.1. The number of halogens is 1. The van der Waals surface area contributed by atoms with Crippen LogP contribution in [0.2, 0.25) is 0 Å². The molecule has 0 aliphatic carbocycles. The number of carbonyl (C=O) groups excluding carboxylic acids is 1. The molecule has 0 amide bonds. The van der Waals surface area contributed by atoms with Gasteiger partial charge in [-0.05, 0) is 29.8 Å². The van der Waals surface area contributed by atoms with Crippen LogP contribution >= 0.6 is 0 Å². The van der Waals surface area contributed by atoms with Gasteiger partial charge in [0.15, 0.2) is 11.6 Å². The third-order valence-electron chi connectivity index (χ3n) is 2.77. The summed E-state index contributed by atoms with van der Waals surface area (Å²) in [5, 5.41) is 10.1. The summed E-state index contributed by atoms with van der Waals surface area (Å²) in [5.41, 5.74) is 0.383. The average molecular weight is 280 g/mol. The predicted molar refractivity (Wildman–Crippen MR) is 67.1 cm³/mol. The van der Waals surface area contributed by atoms with Crippen molar-refractivity contribution in [2.45, 2.75) is 6.10 Å². The van der Waals surface area contributed by atoms with Gasteiger partial charge in [-0.25, -0.2) is 9.18 Å². The first-order chi connectivity index (χ1) is 9.56. The minimum absolute atomic E-state index is 0.0151. The zero-order chi connectivity index (χ0) is 14.7. The van der Waals surface area contributed by atoms with Crippen molar-refractivity contribution < 1.29 is 28.2 Å². The highest BCUT2D eigenvalue weighted by molar-refractivity contribution is 5.86. The van der Waals surface area contributed by atoms with Gasteiger partial charge < -0.3 is 19.0 Å². The summed E-state index contributed by atoms with van der Waals surface area (Å²) < 4.78 is 27.8. The van der Waals surface area contributed by atoms with Crippen LogP contribution in [0.3, 0.4) is 0 Å². The lowest BCUT2D eigenvalue weighted by Gasteiger charge is -2.10. The van der Waals surface area contributed by atoms with Gasteiger partial charge in [-0.15, -0.1) is 0 Å². The van der Waals surface area contributed by atoms with E-state index in [1.54, 1.807) is 0 Å². The highest BCUT2D eigenvalue weighted by Gasteiger charge is 2.19. The molecular weight excluding hydrogens is 267 g/mol. The molecule has 6 heteroatoms. The van der Waals surface area contributed by atoms with E-state index in [4.69, 9.17) is 9.15 Å². The SMILES string of the molecule is COC(=O)c1ccc(C(O)c2ccc(F)c(OC)c2)o1. The molecule has 0 aliphatic heterocycles. The van der Waals surface area contributed by atoms with E-state index in [1.807, 2.05) is 0 Å². The summed E-state index contributed by atoms with van der Waals surface area (Å²) in [6.07, 6.45) is -1.14. The average Bonchev–Trinajstić information content (AvgIpc) is 2.96. The number of benzene rings is 1. The maximum Gasteiger partial charge on any atom is 0.373 e. The number of hydrogen-bond donors (Lipinski definition) is 1. The first kappa shape index (κ1) is 14.1. The molecule has 1 aromatic heterocycles. The minimum Gasteiger partial charge on any atom is -0.494 e. The van der Waals surface area contributed by atoms with Gasteiger partial charge in [-0.2, -0.15) is 0 Å². The Balaban J connectivity index is 2.29. The van der Waals surface area contributed by atoms with E-state index in [0.29, 0.717) is 5.56 Å². The normalized spacial score (nSPS) is 12.0.